The molecule has 3 heterocycles. The van der Waals surface area contributed by atoms with Crippen molar-refractivity contribution in [3.63, 3.8) is 0 Å². The first-order chi connectivity index (χ1) is 16.7. The number of H-pyrrole nitrogens is 1. The SMILES string of the molecule is O=C(NCCc1cnc[nH]1)c1ccc2c(c1)CNCCCCCCCN2C(=O)c1ccncc1. The Labute approximate surface area is 200 Å². The number of rotatable bonds is 5. The number of anilines is 1. The molecule has 3 N–H and O–H groups in total. The first-order valence-corrected chi connectivity index (χ1v) is 12.0. The molecule has 0 fully saturated rings. The second kappa shape index (κ2) is 12.1. The summed E-state index contributed by atoms with van der Waals surface area (Å²) in [7, 11) is 0. The molecule has 3 aromatic rings. The highest BCUT2D eigenvalue weighted by atomic mass is 16.2. The van der Waals surface area contributed by atoms with Gasteiger partial charge in [-0.25, -0.2) is 4.98 Å². The van der Waals surface area contributed by atoms with Crippen LogP contribution in [0.1, 0.15) is 64.1 Å². The van der Waals surface area contributed by atoms with Crippen molar-refractivity contribution in [2.75, 3.05) is 24.5 Å². The van der Waals surface area contributed by atoms with Gasteiger partial charge in [0.1, 0.15) is 0 Å². The molecule has 0 aliphatic carbocycles. The van der Waals surface area contributed by atoms with Crippen molar-refractivity contribution >= 4 is 17.5 Å². The van der Waals surface area contributed by atoms with Crippen LogP contribution in [0, 0.1) is 0 Å². The second-order valence-electron chi connectivity index (χ2n) is 8.56. The minimum absolute atomic E-state index is 0.0440. The lowest BCUT2D eigenvalue weighted by atomic mass is 10.0. The van der Waals surface area contributed by atoms with Crippen LogP contribution in [0.15, 0.2) is 55.2 Å². The van der Waals surface area contributed by atoms with Gasteiger partial charge in [0.2, 0.25) is 0 Å². The molecular formula is C26H32N6O2. The smallest absolute Gasteiger partial charge is 0.258 e. The third-order valence-corrected chi connectivity index (χ3v) is 6.09. The number of benzene rings is 1. The van der Waals surface area contributed by atoms with Gasteiger partial charge in [-0.2, -0.15) is 0 Å². The minimum Gasteiger partial charge on any atom is -0.352 e. The van der Waals surface area contributed by atoms with Gasteiger partial charge in [0, 0.05) is 67.2 Å². The Morgan fingerprint density at radius 2 is 1.79 bits per heavy atom. The Kier molecular flexibility index (Phi) is 8.40. The van der Waals surface area contributed by atoms with Crippen LogP contribution in [0.5, 0.6) is 0 Å². The van der Waals surface area contributed by atoms with Gasteiger partial charge in [0.15, 0.2) is 0 Å². The van der Waals surface area contributed by atoms with E-state index in [4.69, 9.17) is 0 Å². The fourth-order valence-electron chi connectivity index (χ4n) is 4.22. The van der Waals surface area contributed by atoms with Crippen molar-refractivity contribution in [3.05, 3.63) is 77.6 Å². The standard InChI is InChI=1S/C26H32N6O2/c33-25(30-14-10-23-18-29-19-31-23)21-6-7-24-22(16-21)17-28-11-4-2-1-3-5-15-32(24)26(34)20-8-12-27-13-9-20/h6-9,12-13,16,18-19,28H,1-5,10-11,14-15,17H2,(H,29,31)(H,30,33). The molecule has 0 atom stereocenters. The summed E-state index contributed by atoms with van der Waals surface area (Å²) in [5, 5.41) is 6.47. The molecule has 178 valence electrons. The fraction of sp³-hybridized carbons (Fsp3) is 0.385. The summed E-state index contributed by atoms with van der Waals surface area (Å²) in [5.41, 5.74) is 3.98. The van der Waals surface area contributed by atoms with Crippen LogP contribution >= 0.6 is 0 Å². The van der Waals surface area contributed by atoms with Gasteiger partial charge >= 0.3 is 0 Å². The average Bonchev–Trinajstić information content (AvgIpc) is 3.38. The van der Waals surface area contributed by atoms with Gasteiger partial charge < -0.3 is 20.5 Å². The Hall–Kier alpha value is -3.52. The monoisotopic (exact) mass is 460 g/mol. The maximum Gasteiger partial charge on any atom is 0.258 e. The zero-order valence-electron chi connectivity index (χ0n) is 19.4. The molecule has 0 spiro atoms. The number of nitrogens with one attached hydrogen (secondary N) is 3. The summed E-state index contributed by atoms with van der Waals surface area (Å²) in [6, 6.07) is 9.12. The Morgan fingerprint density at radius 1 is 0.971 bits per heavy atom. The number of pyridine rings is 1. The molecule has 2 aromatic heterocycles. The van der Waals surface area contributed by atoms with Gasteiger partial charge in [-0.05, 0) is 55.3 Å². The maximum atomic E-state index is 13.4. The van der Waals surface area contributed by atoms with Crippen LogP contribution in [-0.4, -0.2) is 46.4 Å². The molecule has 0 radical (unpaired) electrons. The van der Waals surface area contributed by atoms with E-state index >= 15 is 0 Å². The number of imidazole rings is 1. The van der Waals surface area contributed by atoms with Crippen molar-refractivity contribution in [2.24, 2.45) is 0 Å². The molecule has 2 amide bonds. The number of aromatic amines is 1. The summed E-state index contributed by atoms with van der Waals surface area (Å²) in [5.74, 6) is -0.169. The topological polar surface area (TPSA) is 103 Å². The lowest BCUT2D eigenvalue weighted by molar-refractivity contribution is 0.0953. The predicted molar refractivity (Wildman–Crippen MR) is 132 cm³/mol. The highest BCUT2D eigenvalue weighted by Gasteiger charge is 2.21. The molecule has 1 aromatic carbocycles. The number of hydrogen-bond acceptors (Lipinski definition) is 5. The van der Waals surface area contributed by atoms with E-state index in [-0.39, 0.29) is 11.8 Å². The minimum atomic E-state index is -0.125. The lowest BCUT2D eigenvalue weighted by Crippen LogP contribution is -2.34. The third kappa shape index (κ3) is 6.29. The normalized spacial score (nSPS) is 15.0. The van der Waals surface area contributed by atoms with E-state index in [1.54, 1.807) is 37.1 Å². The van der Waals surface area contributed by atoms with Crippen LogP contribution in [0.3, 0.4) is 0 Å². The van der Waals surface area contributed by atoms with Gasteiger partial charge in [0.25, 0.3) is 11.8 Å². The van der Waals surface area contributed by atoms with E-state index in [0.717, 1.165) is 42.8 Å². The summed E-state index contributed by atoms with van der Waals surface area (Å²) in [4.78, 5) is 39.2. The van der Waals surface area contributed by atoms with E-state index in [2.05, 4.69) is 25.6 Å². The van der Waals surface area contributed by atoms with Gasteiger partial charge in [0.05, 0.1) is 6.33 Å². The van der Waals surface area contributed by atoms with Gasteiger partial charge in [-0.1, -0.05) is 19.3 Å². The number of carbonyl (C=O) groups is 2. The zero-order chi connectivity index (χ0) is 23.6. The summed E-state index contributed by atoms with van der Waals surface area (Å²) in [6.45, 7) is 2.68. The van der Waals surface area contributed by atoms with Crippen LogP contribution in [0.4, 0.5) is 5.69 Å². The maximum absolute atomic E-state index is 13.4. The molecule has 8 heteroatoms. The third-order valence-electron chi connectivity index (χ3n) is 6.09. The fourth-order valence-corrected chi connectivity index (χ4v) is 4.22. The van der Waals surface area contributed by atoms with Crippen molar-refractivity contribution < 1.29 is 9.59 Å². The molecule has 0 bridgehead atoms. The van der Waals surface area contributed by atoms with E-state index in [9.17, 15) is 9.59 Å². The molecule has 4 rings (SSSR count). The Balaban J connectivity index is 1.56. The van der Waals surface area contributed by atoms with E-state index in [1.807, 2.05) is 23.1 Å². The first kappa shape index (κ1) is 23.6. The number of amides is 2. The van der Waals surface area contributed by atoms with Crippen LogP contribution < -0.4 is 15.5 Å². The highest BCUT2D eigenvalue weighted by molar-refractivity contribution is 6.06. The number of carbonyl (C=O) groups excluding carboxylic acids is 2. The molecule has 0 unspecified atom stereocenters. The molecule has 0 saturated heterocycles. The summed E-state index contributed by atoms with van der Waals surface area (Å²) in [6.07, 6.45) is 12.9. The van der Waals surface area contributed by atoms with Crippen LogP contribution in [0.25, 0.3) is 0 Å². The van der Waals surface area contributed by atoms with Crippen molar-refractivity contribution in [3.8, 4) is 0 Å². The highest BCUT2D eigenvalue weighted by Crippen LogP contribution is 2.26. The molecule has 0 saturated carbocycles. The van der Waals surface area contributed by atoms with Gasteiger partial charge in [-0.3, -0.25) is 14.6 Å². The Morgan fingerprint density at radius 3 is 2.62 bits per heavy atom. The quantitative estimate of drug-likeness (QED) is 0.541. The van der Waals surface area contributed by atoms with E-state index < -0.39 is 0 Å². The summed E-state index contributed by atoms with van der Waals surface area (Å²) < 4.78 is 0. The van der Waals surface area contributed by atoms with Crippen LogP contribution in [0.2, 0.25) is 0 Å². The Bertz CT molecular complexity index is 1070. The molecule has 1 aliphatic rings. The molecule has 1 aliphatic heterocycles. The number of nitrogens with zero attached hydrogens (tertiary/aromatic N) is 3. The van der Waals surface area contributed by atoms with Crippen LogP contribution in [-0.2, 0) is 13.0 Å². The van der Waals surface area contributed by atoms with E-state index in [1.165, 1.54) is 12.8 Å². The molecule has 34 heavy (non-hydrogen) atoms. The number of aromatic nitrogens is 3. The lowest BCUT2D eigenvalue weighted by Gasteiger charge is -2.27. The van der Waals surface area contributed by atoms with Crippen molar-refractivity contribution in [1.82, 2.24) is 25.6 Å². The predicted octanol–water partition coefficient (Wildman–Crippen LogP) is 3.48. The first-order valence-electron chi connectivity index (χ1n) is 12.0. The number of fused-ring (bicyclic) bond motifs is 1. The average molecular weight is 461 g/mol. The molecular weight excluding hydrogens is 428 g/mol. The second-order valence-corrected chi connectivity index (χ2v) is 8.56. The largest absolute Gasteiger partial charge is 0.352 e. The van der Waals surface area contributed by atoms with Gasteiger partial charge in [-0.15, -0.1) is 0 Å². The van der Waals surface area contributed by atoms with E-state index in [0.29, 0.717) is 37.2 Å². The van der Waals surface area contributed by atoms with Crippen molar-refractivity contribution in [1.29, 1.82) is 0 Å². The van der Waals surface area contributed by atoms with Crippen molar-refractivity contribution in [2.45, 2.75) is 45.1 Å². The zero-order valence-corrected chi connectivity index (χ0v) is 19.4. The number of hydrogen-bond donors (Lipinski definition) is 3. The summed E-state index contributed by atoms with van der Waals surface area (Å²) >= 11 is 0. The molecule has 8 nitrogen and oxygen atoms in total.